The van der Waals surface area contributed by atoms with Crippen LogP contribution >= 0.6 is 0 Å². The van der Waals surface area contributed by atoms with Crippen LogP contribution in [0.5, 0.6) is 0 Å². The quantitative estimate of drug-likeness (QED) is 0.309. The summed E-state index contributed by atoms with van der Waals surface area (Å²) in [6.45, 7) is 1.90. The Morgan fingerprint density at radius 3 is 2.03 bits per heavy atom. The average molecular weight is 495 g/mol. The Morgan fingerprint density at radius 2 is 1.43 bits per heavy atom. The van der Waals surface area contributed by atoms with E-state index < -0.39 is 52.9 Å². The molecule has 3 aromatic rings. The number of anilines is 1. The summed E-state index contributed by atoms with van der Waals surface area (Å²) >= 11 is 0. The Morgan fingerprint density at radius 1 is 0.838 bits per heavy atom. The molecule has 2 amide bonds. The highest BCUT2D eigenvalue weighted by atomic mass is 16.5. The molecular weight excluding hydrogens is 474 g/mol. The monoisotopic (exact) mass is 495 g/mol. The first-order valence-corrected chi connectivity index (χ1v) is 12.0. The first-order valence-electron chi connectivity index (χ1n) is 12.0. The Balaban J connectivity index is 1.46. The number of carbonyl (C=O) groups is 5. The van der Waals surface area contributed by atoms with Gasteiger partial charge in [0.25, 0.3) is 0 Å². The van der Waals surface area contributed by atoms with Gasteiger partial charge in [-0.3, -0.25) is 19.2 Å². The molecule has 0 saturated carbocycles. The number of ether oxygens (including phenoxy) is 2. The van der Waals surface area contributed by atoms with E-state index >= 15 is 0 Å². The predicted octanol–water partition coefficient (Wildman–Crippen LogP) is 3.56. The summed E-state index contributed by atoms with van der Waals surface area (Å²) in [4.78, 5) is 68.3. The molecule has 0 radical (unpaired) electrons. The molecule has 1 aliphatic carbocycles. The summed E-state index contributed by atoms with van der Waals surface area (Å²) in [6.07, 6.45) is -0.978. The molecule has 3 atom stereocenters. The smallest absolute Gasteiger partial charge is 0.338 e. The van der Waals surface area contributed by atoms with Crippen molar-refractivity contribution in [1.82, 2.24) is 0 Å². The SMILES string of the molecule is CCOC(=O)c1ccc(N2C(=O)[C@@H]3[C@H](c4ccccc4)OC4(C(=O)c5ccccc5C4=O)[C@H]3C2=O)cc1. The number of imide groups is 1. The molecule has 1 spiro atoms. The highest BCUT2D eigenvalue weighted by Gasteiger charge is 2.74. The van der Waals surface area contributed by atoms with Crippen molar-refractivity contribution in [3.05, 3.63) is 101 Å². The van der Waals surface area contributed by atoms with Crippen LogP contribution in [0.1, 0.15) is 49.7 Å². The normalized spacial score (nSPS) is 23.5. The van der Waals surface area contributed by atoms with Crippen molar-refractivity contribution in [2.45, 2.75) is 18.6 Å². The summed E-state index contributed by atoms with van der Waals surface area (Å²) in [7, 11) is 0. The van der Waals surface area contributed by atoms with Crippen molar-refractivity contribution in [1.29, 1.82) is 0 Å². The van der Waals surface area contributed by atoms with Crippen molar-refractivity contribution in [2.75, 3.05) is 11.5 Å². The lowest BCUT2D eigenvalue weighted by Gasteiger charge is -2.27. The fraction of sp³-hybridized carbons (Fsp3) is 0.207. The van der Waals surface area contributed by atoms with E-state index in [9.17, 15) is 24.0 Å². The number of fused-ring (bicyclic) bond motifs is 3. The van der Waals surface area contributed by atoms with Crippen molar-refractivity contribution < 1.29 is 33.4 Å². The molecule has 8 nitrogen and oxygen atoms in total. The van der Waals surface area contributed by atoms with E-state index in [0.29, 0.717) is 5.56 Å². The van der Waals surface area contributed by atoms with Crippen LogP contribution in [0.2, 0.25) is 0 Å². The van der Waals surface area contributed by atoms with E-state index in [1.165, 1.54) is 36.4 Å². The zero-order valence-electron chi connectivity index (χ0n) is 19.7. The molecule has 37 heavy (non-hydrogen) atoms. The molecule has 0 unspecified atom stereocenters. The molecule has 2 aliphatic heterocycles. The Bertz CT molecular complexity index is 1440. The van der Waals surface area contributed by atoms with Gasteiger partial charge in [-0.25, -0.2) is 9.69 Å². The number of amides is 2. The number of hydrogen-bond donors (Lipinski definition) is 0. The third-order valence-corrected chi connectivity index (χ3v) is 7.28. The molecule has 2 heterocycles. The second-order valence-corrected chi connectivity index (χ2v) is 9.17. The lowest BCUT2D eigenvalue weighted by molar-refractivity contribution is -0.127. The zero-order valence-corrected chi connectivity index (χ0v) is 19.7. The maximum absolute atomic E-state index is 13.9. The van der Waals surface area contributed by atoms with Gasteiger partial charge >= 0.3 is 5.97 Å². The summed E-state index contributed by atoms with van der Waals surface area (Å²) < 4.78 is 11.2. The van der Waals surface area contributed by atoms with Gasteiger partial charge in [0.05, 0.1) is 35.8 Å². The first kappa shape index (κ1) is 23.0. The van der Waals surface area contributed by atoms with Crippen LogP contribution in [0.4, 0.5) is 5.69 Å². The molecule has 0 bridgehead atoms. The van der Waals surface area contributed by atoms with Gasteiger partial charge in [-0.05, 0) is 36.8 Å². The van der Waals surface area contributed by atoms with Crippen LogP contribution in [-0.2, 0) is 19.1 Å². The van der Waals surface area contributed by atoms with Crippen LogP contribution in [0.3, 0.4) is 0 Å². The highest BCUT2D eigenvalue weighted by molar-refractivity contribution is 6.37. The number of rotatable bonds is 4. The summed E-state index contributed by atoms with van der Waals surface area (Å²) in [6, 6.07) is 21.0. The largest absolute Gasteiger partial charge is 0.462 e. The van der Waals surface area contributed by atoms with Gasteiger partial charge in [-0.15, -0.1) is 0 Å². The Kier molecular flexibility index (Phi) is 5.17. The number of ketones is 2. The standard InChI is InChI=1S/C29H21NO7/c1-2-36-28(35)17-12-14-18(15-13-17)30-26(33)21-22(27(30)34)29(37-23(21)16-8-4-3-5-9-16)24(31)19-10-6-7-11-20(19)25(29)32/h3-15,21-23H,2H2,1H3/t21-,22+,23-/m0/s1. The minimum absolute atomic E-state index is 0.178. The molecule has 3 aliphatic rings. The van der Waals surface area contributed by atoms with E-state index in [-0.39, 0.29) is 29.0 Å². The highest BCUT2D eigenvalue weighted by Crippen LogP contribution is 2.57. The average Bonchev–Trinajstić information content (AvgIpc) is 3.49. The van der Waals surface area contributed by atoms with Gasteiger partial charge in [0.2, 0.25) is 29.0 Å². The van der Waals surface area contributed by atoms with E-state index in [1.54, 1.807) is 49.4 Å². The third-order valence-electron chi connectivity index (χ3n) is 7.28. The summed E-state index contributed by atoms with van der Waals surface area (Å²) in [5.41, 5.74) is -0.680. The zero-order chi connectivity index (χ0) is 25.9. The molecule has 184 valence electrons. The summed E-state index contributed by atoms with van der Waals surface area (Å²) in [5.74, 6) is -5.41. The van der Waals surface area contributed by atoms with E-state index in [0.717, 1.165) is 4.90 Å². The predicted molar refractivity (Wildman–Crippen MR) is 130 cm³/mol. The topological polar surface area (TPSA) is 107 Å². The Labute approximate surface area is 211 Å². The maximum Gasteiger partial charge on any atom is 0.338 e. The fourth-order valence-electron chi connectivity index (χ4n) is 5.68. The van der Waals surface area contributed by atoms with Crippen LogP contribution in [-0.4, -0.2) is 41.6 Å². The van der Waals surface area contributed by atoms with Crippen molar-refractivity contribution in [3.8, 4) is 0 Å². The van der Waals surface area contributed by atoms with E-state index in [1.807, 2.05) is 0 Å². The summed E-state index contributed by atoms with van der Waals surface area (Å²) in [5, 5.41) is 0. The molecule has 0 N–H and O–H groups in total. The van der Waals surface area contributed by atoms with Crippen LogP contribution < -0.4 is 4.90 Å². The molecule has 3 aromatic carbocycles. The maximum atomic E-state index is 13.9. The van der Waals surface area contributed by atoms with E-state index in [2.05, 4.69) is 0 Å². The number of esters is 1. The molecular formula is C29H21NO7. The van der Waals surface area contributed by atoms with Gasteiger partial charge in [-0.2, -0.15) is 0 Å². The lowest BCUT2D eigenvalue weighted by Crippen LogP contribution is -2.51. The number of nitrogens with zero attached hydrogens (tertiary/aromatic N) is 1. The van der Waals surface area contributed by atoms with Crippen molar-refractivity contribution >= 4 is 35.0 Å². The molecule has 8 heteroatoms. The van der Waals surface area contributed by atoms with E-state index in [4.69, 9.17) is 9.47 Å². The Hall–Kier alpha value is -4.43. The third kappa shape index (κ3) is 3.09. The number of Topliss-reactive ketones (excluding diaryl/α,β-unsaturated/α-hetero) is 2. The fourth-order valence-corrected chi connectivity index (χ4v) is 5.68. The minimum atomic E-state index is -2.12. The van der Waals surface area contributed by atoms with Gasteiger partial charge in [0, 0.05) is 11.1 Å². The second-order valence-electron chi connectivity index (χ2n) is 9.17. The van der Waals surface area contributed by atoms with Crippen molar-refractivity contribution in [2.24, 2.45) is 11.8 Å². The van der Waals surface area contributed by atoms with Crippen LogP contribution in [0.25, 0.3) is 0 Å². The molecule has 6 rings (SSSR count). The first-order chi connectivity index (χ1) is 17.9. The minimum Gasteiger partial charge on any atom is -0.462 e. The van der Waals surface area contributed by atoms with Gasteiger partial charge in [-0.1, -0.05) is 54.6 Å². The van der Waals surface area contributed by atoms with Gasteiger partial charge in [0.1, 0.15) is 0 Å². The molecule has 2 saturated heterocycles. The van der Waals surface area contributed by atoms with Crippen molar-refractivity contribution in [3.63, 3.8) is 0 Å². The van der Waals surface area contributed by atoms with Crippen LogP contribution in [0, 0.1) is 11.8 Å². The molecule has 0 aromatic heterocycles. The number of benzene rings is 3. The lowest BCUT2D eigenvalue weighted by atomic mass is 9.77. The van der Waals surface area contributed by atoms with Crippen LogP contribution in [0.15, 0.2) is 78.9 Å². The molecule has 2 fully saturated rings. The second kappa shape index (κ2) is 8.31. The van der Waals surface area contributed by atoms with Gasteiger partial charge in [0.15, 0.2) is 0 Å². The number of carbonyl (C=O) groups excluding carboxylic acids is 5. The number of hydrogen-bond acceptors (Lipinski definition) is 7. The van der Waals surface area contributed by atoms with Gasteiger partial charge < -0.3 is 9.47 Å².